The van der Waals surface area contributed by atoms with E-state index in [4.69, 9.17) is 4.98 Å². The molecule has 1 heterocycles. The number of fused-ring (bicyclic) bond motifs is 8. The summed E-state index contributed by atoms with van der Waals surface area (Å²) in [5, 5.41) is 6.44. The average Bonchev–Trinajstić information content (AvgIpc) is 3.07. The zero-order valence-electron chi connectivity index (χ0n) is 14.6. The van der Waals surface area contributed by atoms with Crippen LogP contribution in [0.3, 0.4) is 0 Å². The Morgan fingerprint density at radius 3 is 2.19 bits per heavy atom. The molecule has 0 aliphatic heterocycles. The molecule has 0 atom stereocenters. The van der Waals surface area contributed by atoms with Gasteiger partial charge in [-0.15, -0.1) is 0 Å². The van der Waals surface area contributed by atoms with Crippen molar-refractivity contribution >= 4 is 32.4 Å². The second-order valence-corrected chi connectivity index (χ2v) is 7.24. The molecule has 0 saturated heterocycles. The highest BCUT2D eigenvalue weighted by Crippen LogP contribution is 2.43. The maximum atomic E-state index is 5.19. The van der Waals surface area contributed by atoms with E-state index in [-0.39, 0.29) is 0 Å². The SMILES string of the molecule is Cc1c2c(nc3c1ccc1ccccc13)-c1ccc3ccccc3c1C2. The van der Waals surface area contributed by atoms with E-state index < -0.39 is 0 Å². The quantitative estimate of drug-likeness (QED) is 0.293. The highest BCUT2D eigenvalue weighted by molar-refractivity contribution is 6.08. The molecule has 0 N–H and O–H groups in total. The van der Waals surface area contributed by atoms with Crippen LogP contribution in [0.2, 0.25) is 0 Å². The second kappa shape index (κ2) is 4.92. The molecule has 1 aliphatic carbocycles. The molecule has 4 aromatic carbocycles. The summed E-state index contributed by atoms with van der Waals surface area (Å²) >= 11 is 0. The number of benzene rings is 4. The van der Waals surface area contributed by atoms with Crippen molar-refractivity contribution in [3.8, 4) is 11.3 Å². The summed E-state index contributed by atoms with van der Waals surface area (Å²) in [5.74, 6) is 0. The largest absolute Gasteiger partial charge is 0.247 e. The maximum Gasteiger partial charge on any atom is 0.0790 e. The molecule has 0 saturated carbocycles. The fourth-order valence-electron chi connectivity index (χ4n) is 4.56. The third-order valence-electron chi connectivity index (χ3n) is 5.92. The van der Waals surface area contributed by atoms with Crippen LogP contribution in [0.25, 0.3) is 43.7 Å². The van der Waals surface area contributed by atoms with Crippen LogP contribution in [-0.4, -0.2) is 4.98 Å². The minimum absolute atomic E-state index is 0.980. The monoisotopic (exact) mass is 331 g/mol. The fraction of sp³-hybridized carbons (Fsp3) is 0.0800. The van der Waals surface area contributed by atoms with Crippen molar-refractivity contribution in [3.63, 3.8) is 0 Å². The average molecular weight is 331 g/mol. The Balaban J connectivity index is 1.75. The van der Waals surface area contributed by atoms with Gasteiger partial charge in [0, 0.05) is 22.8 Å². The Hall–Kier alpha value is -3.19. The summed E-state index contributed by atoms with van der Waals surface area (Å²) in [7, 11) is 0. The van der Waals surface area contributed by atoms with Gasteiger partial charge in [-0.05, 0) is 39.8 Å². The third kappa shape index (κ3) is 1.72. The Labute approximate surface area is 151 Å². The van der Waals surface area contributed by atoms with Gasteiger partial charge in [-0.25, -0.2) is 4.98 Å². The predicted molar refractivity (Wildman–Crippen MR) is 110 cm³/mol. The maximum absolute atomic E-state index is 5.19. The summed E-state index contributed by atoms with van der Waals surface area (Å²) in [6, 6.07) is 26.2. The van der Waals surface area contributed by atoms with E-state index in [9.17, 15) is 0 Å². The molecule has 5 aromatic rings. The Kier molecular flexibility index (Phi) is 2.66. The van der Waals surface area contributed by atoms with Crippen LogP contribution in [0.5, 0.6) is 0 Å². The van der Waals surface area contributed by atoms with Gasteiger partial charge < -0.3 is 0 Å². The fourth-order valence-corrected chi connectivity index (χ4v) is 4.56. The van der Waals surface area contributed by atoms with E-state index in [1.807, 2.05) is 0 Å². The summed E-state index contributed by atoms with van der Waals surface area (Å²) in [6.07, 6.45) is 0.980. The molecule has 0 spiro atoms. The number of aryl methyl sites for hydroxylation is 1. The Morgan fingerprint density at radius 1 is 0.654 bits per heavy atom. The first-order valence-electron chi connectivity index (χ1n) is 9.13. The van der Waals surface area contributed by atoms with Crippen molar-refractivity contribution in [2.45, 2.75) is 13.3 Å². The number of pyridine rings is 1. The van der Waals surface area contributed by atoms with Gasteiger partial charge in [0.05, 0.1) is 11.2 Å². The van der Waals surface area contributed by atoms with Gasteiger partial charge in [-0.1, -0.05) is 72.8 Å². The lowest BCUT2D eigenvalue weighted by atomic mass is 9.98. The molecule has 0 unspecified atom stereocenters. The molecule has 1 aliphatic rings. The molecule has 122 valence electrons. The van der Waals surface area contributed by atoms with Crippen LogP contribution in [0.15, 0.2) is 72.8 Å². The molecule has 0 bridgehead atoms. The van der Waals surface area contributed by atoms with Crippen molar-refractivity contribution in [2.75, 3.05) is 0 Å². The highest BCUT2D eigenvalue weighted by atomic mass is 14.7. The lowest BCUT2D eigenvalue weighted by Gasteiger charge is -2.11. The van der Waals surface area contributed by atoms with E-state index in [0.29, 0.717) is 0 Å². The van der Waals surface area contributed by atoms with Crippen molar-refractivity contribution < 1.29 is 0 Å². The highest BCUT2D eigenvalue weighted by Gasteiger charge is 2.25. The minimum Gasteiger partial charge on any atom is -0.247 e. The van der Waals surface area contributed by atoms with Crippen molar-refractivity contribution in [3.05, 3.63) is 89.5 Å². The van der Waals surface area contributed by atoms with Crippen LogP contribution in [0, 0.1) is 6.92 Å². The van der Waals surface area contributed by atoms with Gasteiger partial charge in [0.2, 0.25) is 0 Å². The molecule has 0 radical (unpaired) electrons. The molecular weight excluding hydrogens is 314 g/mol. The molecule has 0 fully saturated rings. The van der Waals surface area contributed by atoms with E-state index in [2.05, 4.69) is 79.7 Å². The molecule has 0 amide bonds. The van der Waals surface area contributed by atoms with E-state index in [0.717, 1.165) is 11.9 Å². The lowest BCUT2D eigenvalue weighted by Crippen LogP contribution is -1.93. The van der Waals surface area contributed by atoms with Crippen molar-refractivity contribution in [1.29, 1.82) is 0 Å². The summed E-state index contributed by atoms with van der Waals surface area (Å²) in [5.41, 5.74) is 7.78. The predicted octanol–water partition coefficient (Wildman–Crippen LogP) is 6.42. The minimum atomic E-state index is 0.980. The van der Waals surface area contributed by atoms with Crippen LogP contribution >= 0.6 is 0 Å². The zero-order chi connectivity index (χ0) is 17.3. The van der Waals surface area contributed by atoms with Gasteiger partial charge in [0.25, 0.3) is 0 Å². The number of hydrogen-bond donors (Lipinski definition) is 0. The van der Waals surface area contributed by atoms with Crippen LogP contribution in [0.1, 0.15) is 16.7 Å². The number of nitrogens with zero attached hydrogens (tertiary/aromatic N) is 1. The first kappa shape index (κ1) is 14.0. The van der Waals surface area contributed by atoms with Crippen LogP contribution in [0.4, 0.5) is 0 Å². The standard InChI is InChI=1S/C25H17N/c1-15-18-12-10-17-7-3-5-9-20(17)24(18)26-25-21-13-11-16-6-2-4-8-19(16)23(21)14-22(15)25/h2-13H,14H2,1H3. The molecular formula is C25H17N. The topological polar surface area (TPSA) is 12.9 Å². The first-order valence-corrected chi connectivity index (χ1v) is 9.13. The van der Waals surface area contributed by atoms with E-state index in [1.54, 1.807) is 0 Å². The Morgan fingerprint density at radius 2 is 1.35 bits per heavy atom. The smallest absolute Gasteiger partial charge is 0.0790 e. The zero-order valence-corrected chi connectivity index (χ0v) is 14.6. The summed E-state index contributed by atoms with van der Waals surface area (Å²) < 4.78 is 0. The normalized spacial score (nSPS) is 12.7. The second-order valence-electron chi connectivity index (χ2n) is 7.24. The number of hydrogen-bond acceptors (Lipinski definition) is 1. The van der Waals surface area contributed by atoms with Gasteiger partial charge >= 0.3 is 0 Å². The summed E-state index contributed by atoms with van der Waals surface area (Å²) in [4.78, 5) is 5.19. The molecule has 1 nitrogen and oxygen atoms in total. The van der Waals surface area contributed by atoms with E-state index in [1.165, 1.54) is 54.9 Å². The van der Waals surface area contributed by atoms with E-state index >= 15 is 0 Å². The van der Waals surface area contributed by atoms with Gasteiger partial charge in [-0.3, -0.25) is 0 Å². The van der Waals surface area contributed by atoms with Gasteiger partial charge in [0.1, 0.15) is 0 Å². The molecule has 26 heavy (non-hydrogen) atoms. The number of rotatable bonds is 0. The molecule has 1 aromatic heterocycles. The Bertz CT molecular complexity index is 1360. The molecule has 6 rings (SSSR count). The van der Waals surface area contributed by atoms with Gasteiger partial charge in [-0.2, -0.15) is 0 Å². The first-order chi connectivity index (χ1) is 12.8. The van der Waals surface area contributed by atoms with Crippen LogP contribution in [-0.2, 0) is 6.42 Å². The van der Waals surface area contributed by atoms with Gasteiger partial charge in [0.15, 0.2) is 0 Å². The third-order valence-corrected chi connectivity index (χ3v) is 5.92. The lowest BCUT2D eigenvalue weighted by molar-refractivity contribution is 1.22. The van der Waals surface area contributed by atoms with Crippen LogP contribution < -0.4 is 0 Å². The molecule has 1 heteroatoms. The van der Waals surface area contributed by atoms with Crippen molar-refractivity contribution in [1.82, 2.24) is 4.98 Å². The summed E-state index contributed by atoms with van der Waals surface area (Å²) in [6.45, 7) is 2.26. The number of aromatic nitrogens is 1. The van der Waals surface area contributed by atoms with Crippen molar-refractivity contribution in [2.24, 2.45) is 0 Å².